The van der Waals surface area contributed by atoms with E-state index in [1.54, 1.807) is 36.5 Å². The lowest BCUT2D eigenvalue weighted by atomic mass is 10.1. The minimum Gasteiger partial charge on any atom is -0.508 e. The van der Waals surface area contributed by atoms with Gasteiger partial charge in [0, 0.05) is 17.6 Å². The van der Waals surface area contributed by atoms with Gasteiger partial charge in [-0.15, -0.1) is 0 Å². The zero-order chi connectivity index (χ0) is 16.0. The molecule has 7 nitrogen and oxygen atoms in total. The smallest absolute Gasteiger partial charge is 0.252 e. The summed E-state index contributed by atoms with van der Waals surface area (Å²) in [4.78, 5) is 17.0. The Balaban J connectivity index is 1.77. The van der Waals surface area contributed by atoms with Gasteiger partial charge in [-0.1, -0.05) is 0 Å². The van der Waals surface area contributed by atoms with Gasteiger partial charge in [0.1, 0.15) is 5.75 Å². The third kappa shape index (κ3) is 2.51. The lowest BCUT2D eigenvalue weighted by Crippen LogP contribution is -2.29. The number of hydrogen-bond acceptors (Lipinski definition) is 5. The molecule has 0 spiro atoms. The number of carbonyl (C=O) groups is 1. The van der Waals surface area contributed by atoms with Crippen molar-refractivity contribution in [3.63, 3.8) is 0 Å². The predicted molar refractivity (Wildman–Crippen MR) is 84.8 cm³/mol. The maximum atomic E-state index is 12.5. The highest BCUT2D eigenvalue weighted by molar-refractivity contribution is 6.06. The first-order chi connectivity index (χ1) is 11.1. The van der Waals surface area contributed by atoms with E-state index in [1.807, 2.05) is 0 Å². The van der Waals surface area contributed by atoms with Gasteiger partial charge in [0.05, 0.1) is 22.8 Å². The van der Waals surface area contributed by atoms with E-state index in [-0.39, 0.29) is 23.7 Å². The molecular weight excluding hydrogens is 294 g/mol. The predicted octanol–water partition coefficient (Wildman–Crippen LogP) is 1.16. The second kappa shape index (κ2) is 5.06. The molecule has 1 aromatic carbocycles. The van der Waals surface area contributed by atoms with Gasteiger partial charge < -0.3 is 16.2 Å². The van der Waals surface area contributed by atoms with Crippen LogP contribution >= 0.6 is 0 Å². The SMILES string of the molecule is NC1CC1NC(=O)c1cc(-c2ccc(O)cc2)nc2[nH]ncc12. The van der Waals surface area contributed by atoms with E-state index in [0.29, 0.717) is 22.3 Å². The van der Waals surface area contributed by atoms with Gasteiger partial charge in [0.25, 0.3) is 5.91 Å². The van der Waals surface area contributed by atoms with Gasteiger partial charge in [-0.2, -0.15) is 5.10 Å². The third-order valence-electron chi connectivity index (χ3n) is 3.99. The fraction of sp³-hybridized carbons (Fsp3) is 0.188. The molecule has 2 aromatic heterocycles. The van der Waals surface area contributed by atoms with Crippen LogP contribution in [0.4, 0.5) is 0 Å². The highest BCUT2D eigenvalue weighted by Crippen LogP contribution is 2.26. The molecule has 1 fully saturated rings. The van der Waals surface area contributed by atoms with Crippen molar-refractivity contribution in [1.29, 1.82) is 0 Å². The number of H-pyrrole nitrogens is 1. The second-order valence-corrected chi connectivity index (χ2v) is 5.71. The molecule has 5 N–H and O–H groups in total. The molecule has 2 unspecified atom stereocenters. The van der Waals surface area contributed by atoms with E-state index in [2.05, 4.69) is 20.5 Å². The molecule has 0 bridgehead atoms. The average Bonchev–Trinajstić information content (AvgIpc) is 3.04. The molecule has 2 heterocycles. The van der Waals surface area contributed by atoms with E-state index in [9.17, 15) is 9.90 Å². The molecule has 1 aliphatic rings. The van der Waals surface area contributed by atoms with E-state index >= 15 is 0 Å². The van der Waals surface area contributed by atoms with Crippen LogP contribution in [0.15, 0.2) is 36.5 Å². The summed E-state index contributed by atoms with van der Waals surface area (Å²) in [6.45, 7) is 0. The van der Waals surface area contributed by atoms with Gasteiger partial charge in [-0.25, -0.2) is 4.98 Å². The van der Waals surface area contributed by atoms with Crippen LogP contribution in [0.1, 0.15) is 16.8 Å². The lowest BCUT2D eigenvalue weighted by molar-refractivity contribution is 0.0952. The number of nitrogens with one attached hydrogen (secondary N) is 2. The molecule has 1 saturated carbocycles. The molecular formula is C16H15N5O2. The highest BCUT2D eigenvalue weighted by Gasteiger charge is 2.35. The number of aromatic nitrogens is 3. The van der Waals surface area contributed by atoms with Crippen molar-refractivity contribution in [3.8, 4) is 17.0 Å². The normalized spacial score (nSPS) is 19.7. The Kier molecular flexibility index (Phi) is 3.02. The maximum Gasteiger partial charge on any atom is 0.252 e. The number of nitrogens with two attached hydrogens (primary N) is 1. The van der Waals surface area contributed by atoms with Crippen LogP contribution in [0.3, 0.4) is 0 Å². The number of benzene rings is 1. The molecule has 7 heteroatoms. The fourth-order valence-electron chi connectivity index (χ4n) is 2.52. The number of rotatable bonds is 3. The van der Waals surface area contributed by atoms with Crippen molar-refractivity contribution in [2.75, 3.05) is 0 Å². The number of nitrogens with zero attached hydrogens (tertiary/aromatic N) is 2. The Labute approximate surface area is 131 Å². The molecule has 1 amide bonds. The van der Waals surface area contributed by atoms with E-state index in [0.717, 1.165) is 12.0 Å². The maximum absolute atomic E-state index is 12.5. The summed E-state index contributed by atoms with van der Waals surface area (Å²) in [5, 5.41) is 19.8. The highest BCUT2D eigenvalue weighted by atomic mass is 16.3. The molecule has 2 atom stereocenters. The zero-order valence-electron chi connectivity index (χ0n) is 12.2. The second-order valence-electron chi connectivity index (χ2n) is 5.71. The molecule has 23 heavy (non-hydrogen) atoms. The van der Waals surface area contributed by atoms with Crippen LogP contribution in [-0.2, 0) is 0 Å². The molecule has 0 aliphatic heterocycles. The minimum absolute atomic E-state index is 0.0368. The first kappa shape index (κ1) is 13.7. The van der Waals surface area contributed by atoms with Crippen molar-refractivity contribution >= 4 is 16.9 Å². The molecule has 3 aromatic rings. The van der Waals surface area contributed by atoms with Crippen molar-refractivity contribution in [1.82, 2.24) is 20.5 Å². The molecule has 4 rings (SSSR count). The number of phenols is 1. The van der Waals surface area contributed by atoms with E-state index in [4.69, 9.17) is 5.73 Å². The van der Waals surface area contributed by atoms with Crippen LogP contribution < -0.4 is 11.1 Å². The number of phenolic OH excluding ortho intramolecular Hbond substituents is 1. The summed E-state index contributed by atoms with van der Waals surface area (Å²) in [5.41, 5.74) is 8.23. The number of carbonyl (C=O) groups excluding carboxylic acids is 1. The Morgan fingerprint density at radius 3 is 2.78 bits per heavy atom. The third-order valence-corrected chi connectivity index (χ3v) is 3.99. The van der Waals surface area contributed by atoms with Gasteiger partial charge in [0.2, 0.25) is 0 Å². The Morgan fingerprint density at radius 2 is 2.09 bits per heavy atom. The molecule has 116 valence electrons. The Bertz CT molecular complexity index is 887. The number of amides is 1. The van der Waals surface area contributed by atoms with E-state index in [1.165, 1.54) is 0 Å². The summed E-state index contributed by atoms with van der Waals surface area (Å²) < 4.78 is 0. The Morgan fingerprint density at radius 1 is 1.35 bits per heavy atom. The van der Waals surface area contributed by atoms with E-state index < -0.39 is 0 Å². The number of pyridine rings is 1. The zero-order valence-corrected chi connectivity index (χ0v) is 12.2. The summed E-state index contributed by atoms with van der Waals surface area (Å²) in [6.07, 6.45) is 2.39. The first-order valence-corrected chi connectivity index (χ1v) is 7.32. The number of aromatic amines is 1. The molecule has 1 aliphatic carbocycles. The van der Waals surface area contributed by atoms with Crippen LogP contribution in [0.25, 0.3) is 22.3 Å². The van der Waals surface area contributed by atoms with Crippen LogP contribution in [0.2, 0.25) is 0 Å². The van der Waals surface area contributed by atoms with Gasteiger partial charge >= 0.3 is 0 Å². The van der Waals surface area contributed by atoms with Crippen molar-refractivity contribution in [3.05, 3.63) is 42.1 Å². The van der Waals surface area contributed by atoms with Gasteiger partial charge in [-0.05, 0) is 36.8 Å². The summed E-state index contributed by atoms with van der Waals surface area (Å²) >= 11 is 0. The largest absolute Gasteiger partial charge is 0.508 e. The summed E-state index contributed by atoms with van der Waals surface area (Å²) in [7, 11) is 0. The monoisotopic (exact) mass is 309 g/mol. The summed E-state index contributed by atoms with van der Waals surface area (Å²) in [6, 6.07) is 8.46. The minimum atomic E-state index is -0.184. The van der Waals surface area contributed by atoms with Crippen LogP contribution in [0, 0.1) is 0 Å². The fourth-order valence-corrected chi connectivity index (χ4v) is 2.52. The average molecular weight is 309 g/mol. The van der Waals surface area contributed by atoms with Crippen LogP contribution in [0.5, 0.6) is 5.75 Å². The summed E-state index contributed by atoms with van der Waals surface area (Å²) in [5.74, 6) is -0.00571. The van der Waals surface area contributed by atoms with Crippen molar-refractivity contribution < 1.29 is 9.90 Å². The number of aromatic hydroxyl groups is 1. The Hall–Kier alpha value is -2.93. The topological polar surface area (TPSA) is 117 Å². The number of hydrogen-bond donors (Lipinski definition) is 4. The quantitative estimate of drug-likeness (QED) is 0.579. The van der Waals surface area contributed by atoms with Gasteiger partial charge in [0.15, 0.2) is 5.65 Å². The lowest BCUT2D eigenvalue weighted by Gasteiger charge is -2.08. The first-order valence-electron chi connectivity index (χ1n) is 7.32. The molecule has 0 radical (unpaired) electrons. The standard InChI is InChI=1S/C16H15N5O2/c17-12-6-14(12)20-16(23)10-5-13(8-1-3-9(22)4-2-8)19-15-11(10)7-18-21-15/h1-5,7,12,14,22H,6,17H2,(H,20,23)(H,18,19,21). The van der Waals surface area contributed by atoms with Crippen molar-refractivity contribution in [2.24, 2.45) is 5.73 Å². The van der Waals surface area contributed by atoms with Gasteiger partial charge in [-0.3, -0.25) is 9.89 Å². The van der Waals surface area contributed by atoms with Crippen molar-refractivity contribution in [2.45, 2.75) is 18.5 Å². The number of fused-ring (bicyclic) bond motifs is 1. The molecule has 0 saturated heterocycles. The van der Waals surface area contributed by atoms with Crippen LogP contribution in [-0.4, -0.2) is 38.3 Å².